The minimum atomic E-state index is -0.914. The fraction of sp³-hybridized carbons (Fsp3) is 0.276. The lowest BCUT2D eigenvalue weighted by atomic mass is 10.1. The van der Waals surface area contributed by atoms with Gasteiger partial charge in [0.05, 0.1) is 22.9 Å². The number of ether oxygens (including phenoxy) is 2. The third kappa shape index (κ3) is 5.50. The topological polar surface area (TPSA) is 151 Å². The number of thiophene rings is 1. The molecule has 1 atom stereocenters. The zero-order valence-corrected chi connectivity index (χ0v) is 23.8. The Morgan fingerprint density at radius 1 is 1.14 bits per heavy atom. The van der Waals surface area contributed by atoms with Crippen LogP contribution in [-0.2, 0) is 7.05 Å². The van der Waals surface area contributed by atoms with Gasteiger partial charge in [-0.2, -0.15) is 5.10 Å². The second-order valence-corrected chi connectivity index (χ2v) is 11.1. The van der Waals surface area contributed by atoms with Crippen LogP contribution in [0.2, 0.25) is 0 Å². The molecular formula is C29H29N7O5S. The summed E-state index contributed by atoms with van der Waals surface area (Å²) < 4.78 is 15.9. The smallest absolute Gasteiger partial charge is 0.407 e. The van der Waals surface area contributed by atoms with Gasteiger partial charge in [0.25, 0.3) is 5.91 Å². The molecule has 1 fully saturated rings. The number of fused-ring (bicyclic) bond motifs is 1. The Balaban J connectivity index is 1.20. The minimum Gasteiger partial charge on any atom is -0.483 e. The highest BCUT2D eigenvalue weighted by Crippen LogP contribution is 2.36. The molecule has 0 bridgehead atoms. The average molecular weight is 588 g/mol. The Bertz CT molecular complexity index is 1770. The van der Waals surface area contributed by atoms with Crippen LogP contribution in [0.4, 0.5) is 4.79 Å². The number of nitrogens with two attached hydrogens (primary N) is 1. The van der Waals surface area contributed by atoms with Crippen LogP contribution < -0.4 is 15.2 Å². The van der Waals surface area contributed by atoms with Crippen molar-refractivity contribution in [2.75, 3.05) is 13.1 Å². The fourth-order valence-electron chi connectivity index (χ4n) is 4.99. The maximum Gasteiger partial charge on any atom is 0.407 e. The van der Waals surface area contributed by atoms with Crippen molar-refractivity contribution in [2.24, 2.45) is 12.8 Å². The van der Waals surface area contributed by atoms with E-state index < -0.39 is 18.1 Å². The van der Waals surface area contributed by atoms with Crippen molar-refractivity contribution < 1.29 is 24.2 Å². The SMILES string of the molecule is CC(Oc1cc(-n2cnc3cc(-c4cnn(C)c4)ccc32)sc1C(N)=O)c1cccc(OC2CCN(C(=O)O)CC2)n1. The number of imidazole rings is 1. The molecule has 13 heteroatoms. The first-order valence-corrected chi connectivity index (χ1v) is 14.2. The number of hydrogen-bond donors (Lipinski definition) is 2. The second kappa shape index (κ2) is 11.2. The molecule has 0 aliphatic carbocycles. The molecule has 6 rings (SSSR count). The van der Waals surface area contributed by atoms with E-state index in [1.165, 1.54) is 16.2 Å². The maximum atomic E-state index is 12.4. The van der Waals surface area contributed by atoms with Gasteiger partial charge in [0.1, 0.15) is 34.2 Å². The number of carbonyl (C=O) groups is 2. The average Bonchev–Trinajstić information content (AvgIpc) is 3.71. The van der Waals surface area contributed by atoms with Crippen molar-refractivity contribution >= 4 is 34.4 Å². The number of likely N-dealkylation sites (tertiary alicyclic amines) is 1. The van der Waals surface area contributed by atoms with E-state index >= 15 is 0 Å². The molecule has 5 heterocycles. The number of aryl methyl sites for hydroxylation is 1. The van der Waals surface area contributed by atoms with Crippen molar-refractivity contribution in [3.05, 3.63) is 71.8 Å². The van der Waals surface area contributed by atoms with Crippen molar-refractivity contribution in [3.63, 3.8) is 0 Å². The largest absolute Gasteiger partial charge is 0.483 e. The quantitative estimate of drug-likeness (QED) is 0.266. The van der Waals surface area contributed by atoms with Crippen LogP contribution in [0.5, 0.6) is 11.6 Å². The number of benzene rings is 1. The number of piperidine rings is 1. The van der Waals surface area contributed by atoms with E-state index in [1.54, 1.807) is 23.1 Å². The van der Waals surface area contributed by atoms with Crippen molar-refractivity contribution in [3.8, 4) is 27.8 Å². The summed E-state index contributed by atoms with van der Waals surface area (Å²) in [7, 11) is 1.88. The monoisotopic (exact) mass is 587 g/mol. The van der Waals surface area contributed by atoms with Crippen LogP contribution in [0.25, 0.3) is 27.2 Å². The molecule has 1 aromatic carbocycles. The van der Waals surface area contributed by atoms with Crippen molar-refractivity contribution in [1.82, 2.24) is 29.2 Å². The molecular weight excluding hydrogens is 558 g/mol. The van der Waals surface area contributed by atoms with Crippen LogP contribution in [-0.4, -0.2) is 65.5 Å². The summed E-state index contributed by atoms with van der Waals surface area (Å²) in [6.45, 7) is 2.69. The molecule has 216 valence electrons. The van der Waals surface area contributed by atoms with Gasteiger partial charge in [-0.25, -0.2) is 14.8 Å². The van der Waals surface area contributed by atoms with Gasteiger partial charge in [0, 0.05) is 56.9 Å². The summed E-state index contributed by atoms with van der Waals surface area (Å²) in [5, 5.41) is 14.1. The highest BCUT2D eigenvalue weighted by molar-refractivity contribution is 7.16. The molecule has 5 aromatic rings. The zero-order valence-electron chi connectivity index (χ0n) is 23.0. The molecule has 1 aliphatic heterocycles. The van der Waals surface area contributed by atoms with E-state index in [4.69, 9.17) is 20.3 Å². The van der Waals surface area contributed by atoms with E-state index in [1.807, 2.05) is 61.3 Å². The second-order valence-electron chi connectivity index (χ2n) is 10.1. The number of rotatable bonds is 8. The fourth-order valence-corrected chi connectivity index (χ4v) is 5.91. The molecule has 3 N–H and O–H groups in total. The molecule has 0 spiro atoms. The van der Waals surface area contributed by atoms with E-state index in [0.717, 1.165) is 27.2 Å². The zero-order chi connectivity index (χ0) is 29.4. The number of carboxylic acid groups (broad SMARTS) is 1. The van der Waals surface area contributed by atoms with Crippen LogP contribution in [0.3, 0.4) is 0 Å². The third-order valence-electron chi connectivity index (χ3n) is 7.20. The summed E-state index contributed by atoms with van der Waals surface area (Å²) in [5.74, 6) is 0.209. The molecule has 4 aromatic heterocycles. The van der Waals surface area contributed by atoms with Gasteiger partial charge < -0.3 is 25.2 Å². The summed E-state index contributed by atoms with van der Waals surface area (Å²) in [6, 6.07) is 13.2. The van der Waals surface area contributed by atoms with E-state index in [9.17, 15) is 9.59 Å². The van der Waals surface area contributed by atoms with E-state index in [-0.39, 0.29) is 6.10 Å². The van der Waals surface area contributed by atoms with Crippen molar-refractivity contribution in [1.29, 1.82) is 0 Å². The van der Waals surface area contributed by atoms with E-state index in [2.05, 4.69) is 15.1 Å². The predicted molar refractivity (Wildman–Crippen MR) is 156 cm³/mol. The first-order valence-electron chi connectivity index (χ1n) is 13.4. The molecule has 0 saturated carbocycles. The summed E-state index contributed by atoms with van der Waals surface area (Å²) >= 11 is 1.23. The van der Waals surface area contributed by atoms with Gasteiger partial charge in [0.15, 0.2) is 0 Å². The number of primary amides is 1. The lowest BCUT2D eigenvalue weighted by Crippen LogP contribution is -2.41. The summed E-state index contributed by atoms with van der Waals surface area (Å²) in [5.41, 5.74) is 10.0. The van der Waals surface area contributed by atoms with E-state index in [0.29, 0.717) is 48.1 Å². The van der Waals surface area contributed by atoms with Gasteiger partial charge in [-0.1, -0.05) is 12.1 Å². The Morgan fingerprint density at radius 2 is 1.95 bits per heavy atom. The maximum absolute atomic E-state index is 12.4. The highest BCUT2D eigenvalue weighted by Gasteiger charge is 2.25. The Morgan fingerprint density at radius 3 is 2.67 bits per heavy atom. The number of nitrogens with zero attached hydrogens (tertiary/aromatic N) is 6. The normalized spacial score (nSPS) is 14.7. The Kier molecular flexibility index (Phi) is 7.25. The molecule has 42 heavy (non-hydrogen) atoms. The molecule has 1 aliphatic rings. The standard InChI is InChI=1S/C29H29N7O5S/c1-17(21-4-3-5-25(33-21)41-20-8-10-35(11-9-20)29(38)39)40-24-13-26(42-27(24)28(30)37)36-16-31-22-12-18(6-7-23(22)36)19-14-32-34(2)15-19/h3-7,12-17,20H,8-11H2,1-2H3,(H2,30,37)(H,38,39). The molecule has 0 radical (unpaired) electrons. The van der Waals surface area contributed by atoms with Gasteiger partial charge in [0.2, 0.25) is 5.88 Å². The number of carbonyl (C=O) groups excluding carboxylic acids is 1. The van der Waals surface area contributed by atoms with Crippen LogP contribution in [0.15, 0.2) is 61.2 Å². The number of aromatic nitrogens is 5. The van der Waals surface area contributed by atoms with Gasteiger partial charge in [-0.3, -0.25) is 14.0 Å². The van der Waals surface area contributed by atoms with Crippen LogP contribution in [0.1, 0.15) is 41.2 Å². The lowest BCUT2D eigenvalue weighted by Gasteiger charge is -2.30. The van der Waals surface area contributed by atoms with Crippen LogP contribution in [0, 0.1) is 0 Å². The number of pyridine rings is 1. The van der Waals surface area contributed by atoms with Crippen molar-refractivity contribution in [2.45, 2.75) is 32.0 Å². The summed E-state index contributed by atoms with van der Waals surface area (Å²) in [6.07, 6.45) is 5.11. The van der Waals surface area contributed by atoms with Gasteiger partial charge in [-0.15, -0.1) is 11.3 Å². The lowest BCUT2D eigenvalue weighted by molar-refractivity contribution is 0.0864. The van der Waals surface area contributed by atoms with Gasteiger partial charge >= 0.3 is 6.09 Å². The molecule has 12 nitrogen and oxygen atoms in total. The molecule has 1 saturated heterocycles. The van der Waals surface area contributed by atoms with Gasteiger partial charge in [-0.05, 0) is 30.7 Å². The first kappa shape index (κ1) is 27.3. The molecule has 2 amide bonds. The number of amides is 2. The predicted octanol–water partition coefficient (Wildman–Crippen LogP) is 4.64. The Labute approximate surface area is 244 Å². The first-order chi connectivity index (χ1) is 20.2. The highest BCUT2D eigenvalue weighted by atomic mass is 32.1. The number of hydrogen-bond acceptors (Lipinski definition) is 8. The third-order valence-corrected chi connectivity index (χ3v) is 8.33. The van der Waals surface area contributed by atoms with Crippen LogP contribution >= 0.6 is 11.3 Å². The Hall–Kier alpha value is -4.91. The molecule has 1 unspecified atom stereocenters. The minimum absolute atomic E-state index is 0.120. The summed E-state index contributed by atoms with van der Waals surface area (Å²) in [4.78, 5) is 34.4.